The zero-order valence-electron chi connectivity index (χ0n) is 10.0. The number of carbonyl (C=O) groups excluding carboxylic acids is 1. The van der Waals surface area contributed by atoms with Crippen molar-refractivity contribution in [1.29, 1.82) is 0 Å². The highest BCUT2D eigenvalue weighted by molar-refractivity contribution is 5.66. The third-order valence-corrected chi connectivity index (χ3v) is 2.22. The fraction of sp³-hybridized carbons (Fsp3) is 0.917. The lowest BCUT2D eigenvalue weighted by Crippen LogP contribution is -2.23. The van der Waals surface area contributed by atoms with Crippen LogP contribution in [0.15, 0.2) is 0 Å². The maximum absolute atomic E-state index is 10.6. The lowest BCUT2D eigenvalue weighted by molar-refractivity contribution is -0.148. The molecule has 2 unspecified atom stereocenters. The second kappa shape index (κ2) is 7.84. The molecule has 0 heterocycles. The van der Waals surface area contributed by atoms with Gasteiger partial charge in [-0.15, -0.1) is 0 Å². The van der Waals surface area contributed by atoms with E-state index < -0.39 is 0 Å². The summed E-state index contributed by atoms with van der Waals surface area (Å²) in [7, 11) is 0. The largest absolute Gasteiger partial charge is 0.463 e. The first-order chi connectivity index (χ1) is 6.60. The van der Waals surface area contributed by atoms with Gasteiger partial charge in [0.2, 0.25) is 0 Å². The van der Waals surface area contributed by atoms with Gasteiger partial charge in [0.1, 0.15) is 6.10 Å². The van der Waals surface area contributed by atoms with Crippen LogP contribution in [0.3, 0.4) is 0 Å². The average molecular weight is 200 g/mol. The summed E-state index contributed by atoms with van der Waals surface area (Å²) in [5, 5.41) is 0. The van der Waals surface area contributed by atoms with Crippen molar-refractivity contribution >= 4 is 5.97 Å². The third-order valence-electron chi connectivity index (χ3n) is 2.22. The topological polar surface area (TPSA) is 26.3 Å². The number of hydrogen-bond donors (Lipinski definition) is 0. The minimum absolute atomic E-state index is 0.135. The summed E-state index contributed by atoms with van der Waals surface area (Å²) >= 11 is 0. The fourth-order valence-electron chi connectivity index (χ4n) is 1.72. The summed E-state index contributed by atoms with van der Waals surface area (Å²) < 4.78 is 5.12. The molecule has 1 aliphatic carbocycles. The summed E-state index contributed by atoms with van der Waals surface area (Å²) in [4.78, 5) is 10.6. The van der Waals surface area contributed by atoms with Gasteiger partial charge in [0.15, 0.2) is 0 Å². The lowest BCUT2D eigenvalue weighted by Gasteiger charge is -2.25. The molecular weight excluding hydrogens is 176 g/mol. The van der Waals surface area contributed by atoms with Crippen LogP contribution in [0.5, 0.6) is 0 Å². The normalized spacial score (nSPS) is 26.0. The molecule has 2 atom stereocenters. The average Bonchev–Trinajstić information content (AvgIpc) is 2.03. The van der Waals surface area contributed by atoms with E-state index in [0.29, 0.717) is 0 Å². The number of carbonyl (C=O) groups is 1. The summed E-state index contributed by atoms with van der Waals surface area (Å²) in [5.74, 6) is 0.595. The molecule has 1 rings (SSSR count). The van der Waals surface area contributed by atoms with Crippen LogP contribution in [0.4, 0.5) is 0 Å². The third kappa shape index (κ3) is 6.93. The molecule has 2 heteroatoms. The molecule has 0 radical (unpaired) electrons. The standard InChI is InChI=1S/C9H16O2.C3H8/c1-7-4-3-5-9(6-7)11-8(2)10;1-3-2/h7,9H,3-6H2,1-2H3;3H2,1-2H3. The van der Waals surface area contributed by atoms with Crippen molar-refractivity contribution in [3.63, 3.8) is 0 Å². The van der Waals surface area contributed by atoms with E-state index in [1.165, 1.54) is 26.2 Å². The van der Waals surface area contributed by atoms with Gasteiger partial charge in [0.25, 0.3) is 0 Å². The number of hydrogen-bond acceptors (Lipinski definition) is 2. The molecule has 0 aromatic rings. The van der Waals surface area contributed by atoms with Gasteiger partial charge in [-0.25, -0.2) is 0 Å². The molecule has 0 N–H and O–H groups in total. The van der Waals surface area contributed by atoms with Crippen LogP contribution >= 0.6 is 0 Å². The Balaban J connectivity index is 0.000000500. The first-order valence-corrected chi connectivity index (χ1v) is 5.77. The number of ether oxygens (including phenoxy) is 1. The highest BCUT2D eigenvalue weighted by atomic mass is 16.5. The van der Waals surface area contributed by atoms with E-state index in [1.807, 2.05) is 0 Å². The Morgan fingerprint density at radius 1 is 1.36 bits per heavy atom. The molecule has 0 aromatic heterocycles. The predicted octanol–water partition coefficient (Wildman–Crippen LogP) is 3.54. The van der Waals surface area contributed by atoms with Gasteiger partial charge in [0, 0.05) is 6.92 Å². The molecule has 14 heavy (non-hydrogen) atoms. The Kier molecular flexibility index (Phi) is 7.54. The van der Waals surface area contributed by atoms with Gasteiger partial charge >= 0.3 is 5.97 Å². The van der Waals surface area contributed by atoms with E-state index in [4.69, 9.17) is 4.74 Å². The van der Waals surface area contributed by atoms with Crippen LogP contribution in [0, 0.1) is 5.92 Å². The van der Waals surface area contributed by atoms with Crippen molar-refractivity contribution in [1.82, 2.24) is 0 Å². The summed E-state index contributed by atoms with van der Waals surface area (Å²) in [5.41, 5.74) is 0. The van der Waals surface area contributed by atoms with Gasteiger partial charge in [-0.1, -0.05) is 33.6 Å². The Hall–Kier alpha value is -0.530. The molecule has 0 spiro atoms. The fourth-order valence-corrected chi connectivity index (χ4v) is 1.72. The molecule has 0 aromatic carbocycles. The van der Waals surface area contributed by atoms with Crippen molar-refractivity contribution in [2.45, 2.75) is 65.9 Å². The van der Waals surface area contributed by atoms with Gasteiger partial charge in [0.05, 0.1) is 0 Å². The first-order valence-electron chi connectivity index (χ1n) is 5.77. The highest BCUT2D eigenvalue weighted by Gasteiger charge is 2.20. The van der Waals surface area contributed by atoms with E-state index in [0.717, 1.165) is 18.8 Å². The Morgan fingerprint density at radius 3 is 2.36 bits per heavy atom. The van der Waals surface area contributed by atoms with Crippen LogP contribution in [-0.4, -0.2) is 12.1 Å². The second-order valence-corrected chi connectivity index (χ2v) is 4.21. The van der Waals surface area contributed by atoms with Crippen LogP contribution in [0.2, 0.25) is 0 Å². The molecule has 1 aliphatic rings. The maximum Gasteiger partial charge on any atom is 0.302 e. The van der Waals surface area contributed by atoms with Crippen molar-refractivity contribution in [2.75, 3.05) is 0 Å². The second-order valence-electron chi connectivity index (χ2n) is 4.21. The molecule has 0 amide bonds. The molecular formula is C12H24O2. The van der Waals surface area contributed by atoms with Crippen molar-refractivity contribution in [3.8, 4) is 0 Å². The quantitative estimate of drug-likeness (QED) is 0.605. The summed E-state index contributed by atoms with van der Waals surface area (Å²) in [6, 6.07) is 0. The number of rotatable bonds is 1. The van der Waals surface area contributed by atoms with Crippen molar-refractivity contribution in [3.05, 3.63) is 0 Å². The summed E-state index contributed by atoms with van der Waals surface area (Å²) in [6.45, 7) is 7.95. The monoisotopic (exact) mass is 200 g/mol. The van der Waals surface area contributed by atoms with Crippen LogP contribution in [0.1, 0.15) is 59.8 Å². The molecule has 2 nitrogen and oxygen atoms in total. The Labute approximate surface area is 88.0 Å². The van der Waals surface area contributed by atoms with Gasteiger partial charge in [-0.3, -0.25) is 4.79 Å². The van der Waals surface area contributed by atoms with Crippen LogP contribution in [-0.2, 0) is 9.53 Å². The lowest BCUT2D eigenvalue weighted by atomic mass is 9.89. The number of esters is 1. The maximum atomic E-state index is 10.6. The molecule has 84 valence electrons. The van der Waals surface area contributed by atoms with Crippen molar-refractivity contribution < 1.29 is 9.53 Å². The molecule has 0 bridgehead atoms. The van der Waals surface area contributed by atoms with Crippen LogP contribution < -0.4 is 0 Å². The zero-order chi connectivity index (χ0) is 11.0. The van der Waals surface area contributed by atoms with Crippen molar-refractivity contribution in [2.24, 2.45) is 5.92 Å². The SMILES string of the molecule is CC(=O)OC1CCCC(C)C1.CCC. The first kappa shape index (κ1) is 13.5. The summed E-state index contributed by atoms with van der Waals surface area (Å²) in [6.07, 6.45) is 6.07. The van der Waals surface area contributed by atoms with E-state index in [1.54, 1.807) is 0 Å². The van der Waals surface area contributed by atoms with Gasteiger partial charge in [-0.2, -0.15) is 0 Å². The molecule has 0 saturated heterocycles. The Morgan fingerprint density at radius 2 is 1.93 bits per heavy atom. The smallest absolute Gasteiger partial charge is 0.302 e. The predicted molar refractivity (Wildman–Crippen MR) is 59.2 cm³/mol. The minimum Gasteiger partial charge on any atom is -0.463 e. The van der Waals surface area contributed by atoms with E-state index in [2.05, 4.69) is 20.8 Å². The van der Waals surface area contributed by atoms with Gasteiger partial charge in [-0.05, 0) is 25.2 Å². The molecule has 1 saturated carbocycles. The van der Waals surface area contributed by atoms with Crippen LogP contribution in [0.25, 0.3) is 0 Å². The van der Waals surface area contributed by atoms with E-state index in [9.17, 15) is 4.79 Å². The van der Waals surface area contributed by atoms with E-state index >= 15 is 0 Å². The minimum atomic E-state index is -0.135. The highest BCUT2D eigenvalue weighted by Crippen LogP contribution is 2.25. The molecule has 1 fully saturated rings. The Bertz CT molecular complexity index is 154. The van der Waals surface area contributed by atoms with E-state index in [-0.39, 0.29) is 12.1 Å². The van der Waals surface area contributed by atoms with Gasteiger partial charge < -0.3 is 4.74 Å². The zero-order valence-corrected chi connectivity index (χ0v) is 10.0. The molecule has 0 aliphatic heterocycles.